The lowest BCUT2D eigenvalue weighted by molar-refractivity contribution is 0.0600. The number of fused-ring (bicyclic) bond motifs is 1. The number of nitrogens with zero attached hydrogens (tertiary/aromatic N) is 5. The Morgan fingerprint density at radius 1 is 1.23 bits per heavy atom. The van der Waals surface area contributed by atoms with Crippen LogP contribution in [0.5, 0.6) is 5.88 Å². The standard InChI is InChI=1S/C25H27BrN6O3/c1-14-8-16(24(33)34-3)10-21(29-14)19-12-28-31(2)23(19)35-7-6-15-9-17(15)13-32-22-11-18(26)4-5-20(22)30-25(32)27/h4-5,8,10-12,15,17H,6-7,9,13H2,1-3H3,(H2,27,30)/t15-,17+/m0/s1. The molecule has 9 nitrogen and oxygen atoms in total. The summed E-state index contributed by atoms with van der Waals surface area (Å²) in [7, 11) is 3.20. The first-order valence-electron chi connectivity index (χ1n) is 11.5. The molecule has 0 bridgehead atoms. The maximum Gasteiger partial charge on any atom is 0.337 e. The number of carbonyl (C=O) groups excluding carboxylic acids is 1. The highest BCUT2D eigenvalue weighted by molar-refractivity contribution is 9.10. The van der Waals surface area contributed by atoms with E-state index in [1.807, 2.05) is 26.1 Å². The molecule has 0 aliphatic heterocycles. The van der Waals surface area contributed by atoms with Gasteiger partial charge in [-0.3, -0.25) is 4.98 Å². The highest BCUT2D eigenvalue weighted by atomic mass is 79.9. The van der Waals surface area contributed by atoms with Crippen molar-refractivity contribution in [2.45, 2.75) is 26.3 Å². The van der Waals surface area contributed by atoms with Crippen LogP contribution in [0.15, 0.2) is 41.0 Å². The second-order valence-electron chi connectivity index (χ2n) is 8.97. The zero-order chi connectivity index (χ0) is 24.7. The van der Waals surface area contributed by atoms with Crippen molar-refractivity contribution in [2.75, 3.05) is 19.5 Å². The Morgan fingerprint density at radius 3 is 2.86 bits per heavy atom. The first-order chi connectivity index (χ1) is 16.8. The summed E-state index contributed by atoms with van der Waals surface area (Å²) in [6.45, 7) is 3.26. The summed E-state index contributed by atoms with van der Waals surface area (Å²) >= 11 is 3.54. The number of nitrogen functional groups attached to an aromatic ring is 1. The molecule has 0 unspecified atom stereocenters. The van der Waals surface area contributed by atoms with Crippen molar-refractivity contribution in [3.05, 3.63) is 52.3 Å². The van der Waals surface area contributed by atoms with Gasteiger partial charge in [-0.25, -0.2) is 14.5 Å². The Bertz CT molecular complexity index is 1410. The Kier molecular flexibility index (Phi) is 6.22. The number of hydrogen-bond donors (Lipinski definition) is 1. The molecule has 0 amide bonds. The van der Waals surface area contributed by atoms with E-state index in [0.29, 0.717) is 41.5 Å². The van der Waals surface area contributed by atoms with Gasteiger partial charge in [-0.15, -0.1) is 0 Å². The summed E-state index contributed by atoms with van der Waals surface area (Å²) in [4.78, 5) is 21.1. The molecule has 0 saturated heterocycles. The number of imidazole rings is 1. The largest absolute Gasteiger partial charge is 0.477 e. The van der Waals surface area contributed by atoms with Crippen molar-refractivity contribution >= 4 is 38.9 Å². The molecule has 5 rings (SSSR count). The molecule has 3 heterocycles. The van der Waals surface area contributed by atoms with Crippen LogP contribution in [0.1, 0.15) is 28.9 Å². The zero-order valence-electron chi connectivity index (χ0n) is 19.9. The third-order valence-electron chi connectivity index (χ3n) is 6.49. The Hall–Kier alpha value is -3.40. The van der Waals surface area contributed by atoms with Gasteiger partial charge >= 0.3 is 5.97 Å². The van der Waals surface area contributed by atoms with Crippen molar-refractivity contribution in [3.8, 4) is 17.1 Å². The van der Waals surface area contributed by atoms with Crippen molar-refractivity contribution in [1.29, 1.82) is 0 Å². The molecule has 35 heavy (non-hydrogen) atoms. The van der Waals surface area contributed by atoms with E-state index in [0.717, 1.165) is 46.1 Å². The number of aryl methyl sites for hydroxylation is 2. The minimum atomic E-state index is -0.401. The van der Waals surface area contributed by atoms with E-state index in [2.05, 4.69) is 41.6 Å². The summed E-state index contributed by atoms with van der Waals surface area (Å²) < 4.78 is 15.8. The Labute approximate surface area is 211 Å². The third kappa shape index (κ3) is 4.75. The smallest absolute Gasteiger partial charge is 0.337 e. The van der Waals surface area contributed by atoms with Crippen LogP contribution in [0, 0.1) is 18.8 Å². The van der Waals surface area contributed by atoms with E-state index in [1.165, 1.54) is 7.11 Å². The van der Waals surface area contributed by atoms with Crippen molar-refractivity contribution in [3.63, 3.8) is 0 Å². The number of anilines is 1. The minimum Gasteiger partial charge on any atom is -0.477 e. The first-order valence-corrected chi connectivity index (χ1v) is 12.3. The normalized spacial score (nSPS) is 17.0. The molecule has 2 N–H and O–H groups in total. The number of halogens is 1. The van der Waals surface area contributed by atoms with Crippen LogP contribution >= 0.6 is 15.9 Å². The van der Waals surface area contributed by atoms with Gasteiger partial charge in [0, 0.05) is 23.8 Å². The predicted octanol–water partition coefficient (Wildman–Crippen LogP) is 4.38. The average molecular weight is 539 g/mol. The molecule has 10 heteroatoms. The van der Waals surface area contributed by atoms with Crippen LogP contribution < -0.4 is 10.5 Å². The van der Waals surface area contributed by atoms with Crippen LogP contribution in [0.3, 0.4) is 0 Å². The average Bonchev–Trinajstić information content (AvgIpc) is 3.37. The molecule has 1 aliphatic carbocycles. The van der Waals surface area contributed by atoms with E-state index in [9.17, 15) is 4.79 Å². The van der Waals surface area contributed by atoms with E-state index < -0.39 is 5.97 Å². The van der Waals surface area contributed by atoms with Crippen LogP contribution in [0.2, 0.25) is 0 Å². The van der Waals surface area contributed by atoms with Gasteiger partial charge in [-0.05, 0) is 61.9 Å². The molecule has 2 atom stereocenters. The zero-order valence-corrected chi connectivity index (χ0v) is 21.4. The number of pyridine rings is 1. The molecule has 1 aliphatic rings. The Morgan fingerprint density at radius 2 is 2.06 bits per heavy atom. The van der Waals surface area contributed by atoms with Gasteiger partial charge in [-0.1, -0.05) is 15.9 Å². The molecule has 3 aromatic heterocycles. The fourth-order valence-electron chi connectivity index (χ4n) is 4.55. The number of rotatable bonds is 8. The molecular formula is C25H27BrN6O3. The lowest BCUT2D eigenvalue weighted by Gasteiger charge is -2.10. The number of nitrogens with two attached hydrogens (primary N) is 1. The van der Waals surface area contributed by atoms with Crippen LogP contribution in [0.25, 0.3) is 22.3 Å². The maximum atomic E-state index is 12.0. The molecule has 1 saturated carbocycles. The molecule has 1 aromatic carbocycles. The number of carbonyl (C=O) groups is 1. The lowest BCUT2D eigenvalue weighted by Crippen LogP contribution is -2.08. The minimum absolute atomic E-state index is 0.401. The van der Waals surface area contributed by atoms with E-state index in [-0.39, 0.29) is 0 Å². The van der Waals surface area contributed by atoms with Crippen LogP contribution in [-0.2, 0) is 18.3 Å². The quantitative estimate of drug-likeness (QED) is 0.331. The monoisotopic (exact) mass is 538 g/mol. The summed E-state index contributed by atoms with van der Waals surface area (Å²) in [5.41, 5.74) is 10.7. The van der Waals surface area contributed by atoms with Gasteiger partial charge in [0.15, 0.2) is 0 Å². The molecule has 182 valence electrons. The maximum absolute atomic E-state index is 12.0. The second-order valence-corrected chi connectivity index (χ2v) is 9.88. The molecule has 1 fully saturated rings. The SMILES string of the molecule is COC(=O)c1cc(C)nc(-c2cnn(C)c2OCC[C@H]2C[C@@H]2Cn2c(N)nc3ccc(Br)cc32)c1. The first kappa shape index (κ1) is 23.3. The second kappa shape index (κ2) is 9.33. The van der Waals surface area contributed by atoms with Crippen LogP contribution in [0.4, 0.5) is 5.95 Å². The molecule has 0 radical (unpaired) electrons. The number of hydrogen-bond acceptors (Lipinski definition) is 7. The van der Waals surface area contributed by atoms with Gasteiger partial charge in [0.05, 0.1) is 47.8 Å². The summed E-state index contributed by atoms with van der Waals surface area (Å²) in [5, 5.41) is 4.35. The van der Waals surface area contributed by atoms with Gasteiger partial charge in [0.1, 0.15) is 0 Å². The highest BCUT2D eigenvalue weighted by Gasteiger charge is 2.37. The topological polar surface area (TPSA) is 110 Å². The third-order valence-corrected chi connectivity index (χ3v) is 6.98. The van der Waals surface area contributed by atoms with Gasteiger partial charge < -0.3 is 19.8 Å². The summed E-state index contributed by atoms with van der Waals surface area (Å²) in [6.07, 6.45) is 3.78. The molecule has 0 spiro atoms. The van der Waals surface area contributed by atoms with E-state index >= 15 is 0 Å². The molecular weight excluding hydrogens is 512 g/mol. The van der Waals surface area contributed by atoms with Gasteiger partial charge in [-0.2, -0.15) is 5.10 Å². The number of methoxy groups -OCH3 is 1. The van der Waals surface area contributed by atoms with Gasteiger partial charge in [0.2, 0.25) is 11.8 Å². The Balaban J connectivity index is 1.23. The lowest BCUT2D eigenvalue weighted by atomic mass is 10.1. The van der Waals surface area contributed by atoms with Crippen molar-refractivity contribution in [1.82, 2.24) is 24.3 Å². The fraction of sp³-hybridized carbons (Fsp3) is 0.360. The van der Waals surface area contributed by atoms with Gasteiger partial charge in [0.25, 0.3) is 0 Å². The fourth-order valence-corrected chi connectivity index (χ4v) is 4.90. The van der Waals surface area contributed by atoms with E-state index in [4.69, 9.17) is 15.2 Å². The summed E-state index contributed by atoms with van der Waals surface area (Å²) in [5.74, 6) is 1.90. The van der Waals surface area contributed by atoms with Crippen molar-refractivity contribution < 1.29 is 14.3 Å². The summed E-state index contributed by atoms with van der Waals surface area (Å²) in [6, 6.07) is 9.43. The van der Waals surface area contributed by atoms with E-state index in [1.54, 1.807) is 23.0 Å². The van der Waals surface area contributed by atoms with Crippen molar-refractivity contribution in [2.24, 2.45) is 18.9 Å². The number of aromatic nitrogens is 5. The number of esters is 1. The molecule has 4 aromatic rings. The van der Waals surface area contributed by atoms with Crippen LogP contribution in [-0.4, -0.2) is 44.0 Å². The highest BCUT2D eigenvalue weighted by Crippen LogP contribution is 2.43. The number of ether oxygens (including phenoxy) is 2. The number of benzene rings is 1. The predicted molar refractivity (Wildman–Crippen MR) is 136 cm³/mol.